The van der Waals surface area contributed by atoms with E-state index in [9.17, 15) is 38.3 Å². The number of halogens is 2. The number of aromatic amines is 2. The molecule has 4 aromatic carbocycles. The van der Waals surface area contributed by atoms with Gasteiger partial charge in [0.1, 0.15) is 65.2 Å². The number of nitrogens with zero attached hydrogens (tertiary/aromatic N) is 2. The van der Waals surface area contributed by atoms with Crippen LogP contribution in [0.25, 0.3) is 21.8 Å². The summed E-state index contributed by atoms with van der Waals surface area (Å²) in [6.45, 7) is 4.89. The molecule has 0 radical (unpaired) electrons. The van der Waals surface area contributed by atoms with Gasteiger partial charge in [-0.25, -0.2) is 8.78 Å². The van der Waals surface area contributed by atoms with E-state index in [1.807, 2.05) is 18.2 Å². The Balaban J connectivity index is 1.04. The molecule has 2 saturated heterocycles. The molecule has 520 valence electrons. The molecule has 3 aliphatic rings. The van der Waals surface area contributed by atoms with Gasteiger partial charge in [0.25, 0.3) is 0 Å². The van der Waals surface area contributed by atoms with Gasteiger partial charge in [-0.2, -0.15) is 23.5 Å². The molecule has 0 spiro atoms. The van der Waals surface area contributed by atoms with Crippen LogP contribution in [0, 0.1) is 11.6 Å². The fourth-order valence-electron chi connectivity index (χ4n) is 12.7. The maximum absolute atomic E-state index is 15.5. The Kier molecular flexibility index (Phi) is 25.2. The number of thioether (sulfide) groups is 2. The maximum atomic E-state index is 15.5. The lowest BCUT2D eigenvalue weighted by atomic mass is 9.95. The highest BCUT2D eigenvalue weighted by Crippen LogP contribution is 2.32. The number of amides is 9. The van der Waals surface area contributed by atoms with Crippen LogP contribution in [-0.4, -0.2) is 183 Å². The zero-order valence-corrected chi connectivity index (χ0v) is 56.4. The Morgan fingerprint density at radius 3 is 1.94 bits per heavy atom. The molecular weight excluding hydrogens is 1290 g/mol. The van der Waals surface area contributed by atoms with E-state index < -0.39 is 119 Å². The van der Waals surface area contributed by atoms with Gasteiger partial charge in [0.15, 0.2) is 0 Å². The highest BCUT2D eigenvalue weighted by molar-refractivity contribution is 7.98. The highest BCUT2D eigenvalue weighted by Gasteiger charge is 2.48. The van der Waals surface area contributed by atoms with Gasteiger partial charge in [-0.05, 0) is 142 Å². The number of hydrogen-bond donors (Lipinski definition) is 12. The molecule has 28 heteroatoms. The van der Waals surface area contributed by atoms with Crippen LogP contribution in [0.4, 0.5) is 8.78 Å². The van der Waals surface area contributed by atoms with Crippen molar-refractivity contribution in [2.45, 2.75) is 156 Å². The average molecular weight is 1380 g/mol. The number of rotatable bonds is 12. The van der Waals surface area contributed by atoms with E-state index >= 15 is 18.8 Å². The van der Waals surface area contributed by atoms with Crippen LogP contribution in [-0.2, 0) is 73.9 Å². The molecule has 9 amide bonds. The zero-order valence-electron chi connectivity index (χ0n) is 54.8. The second-order valence-corrected chi connectivity index (χ2v) is 27.5. The minimum absolute atomic E-state index is 0.0749. The number of methoxy groups -OCH3 is 1. The molecule has 0 aliphatic carbocycles. The normalized spacial score (nSPS) is 25.0. The molecule has 6 aromatic rings. The van der Waals surface area contributed by atoms with Crippen molar-refractivity contribution in [3.05, 3.63) is 137 Å². The van der Waals surface area contributed by atoms with Crippen LogP contribution in [0.3, 0.4) is 0 Å². The molecule has 2 bridgehead atoms. The first-order chi connectivity index (χ1) is 46.5. The summed E-state index contributed by atoms with van der Waals surface area (Å²) < 4.78 is 35.3. The molecule has 0 saturated carbocycles. The van der Waals surface area contributed by atoms with Crippen molar-refractivity contribution in [2.24, 2.45) is 11.5 Å². The predicted octanol–water partition coefficient (Wildman–Crippen LogP) is 3.40. The number of fused-ring (bicyclic) bond motifs is 6. The van der Waals surface area contributed by atoms with Crippen molar-refractivity contribution in [2.75, 3.05) is 44.8 Å². The number of H-pyrrole nitrogens is 2. The van der Waals surface area contributed by atoms with Crippen molar-refractivity contribution >= 4 is 98.5 Å². The minimum Gasteiger partial charge on any atom is -0.497 e. The van der Waals surface area contributed by atoms with E-state index in [0.717, 1.165) is 16.0 Å². The van der Waals surface area contributed by atoms with Crippen molar-refractivity contribution in [1.82, 2.24) is 57.0 Å². The SMILES string of the molecule is COc1ccc(C[C@@H]2NC(=O)[C@@H]([C@H](C)O)NC(=O)[C@H]3C[C@@H](N)CN3C(=O)[C@H](Cc3c[nH]c4ccc(F)cc34)NC(=O)[C@H](Cc3c[nH]c4ccc(F)cc34)NC(=O)[C@@H](C)NC(=O)[C@H](CCCCN)NC(=O)CCSCc3cccc(c3)CSCCNC(=O)[C@]3(C)CCCN3C2=O)cc1. The number of aliphatic hydroxyl groups excluding tert-OH is 1. The summed E-state index contributed by atoms with van der Waals surface area (Å²) >= 11 is 3.15. The third-order valence-electron chi connectivity index (χ3n) is 18.0. The lowest BCUT2D eigenvalue weighted by molar-refractivity contribution is -0.147. The Bertz CT molecular complexity index is 3820. The summed E-state index contributed by atoms with van der Waals surface area (Å²) in [6, 6.07) is 11.9. The lowest BCUT2D eigenvalue weighted by Gasteiger charge is -2.37. The van der Waals surface area contributed by atoms with Gasteiger partial charge in [-0.3, -0.25) is 43.2 Å². The van der Waals surface area contributed by atoms with E-state index in [2.05, 4.69) is 53.3 Å². The van der Waals surface area contributed by atoms with E-state index in [0.29, 0.717) is 99.5 Å². The quantitative estimate of drug-likeness (QED) is 0.0782. The smallest absolute Gasteiger partial charge is 0.246 e. The second-order valence-electron chi connectivity index (χ2n) is 25.3. The summed E-state index contributed by atoms with van der Waals surface area (Å²) in [6.07, 6.45) is 2.67. The predicted molar refractivity (Wildman–Crippen MR) is 366 cm³/mol. The average Bonchev–Trinajstić information content (AvgIpc) is 1.50. The molecule has 3 aliphatic heterocycles. The number of nitrogens with two attached hydrogens (primary N) is 2. The standard InChI is InChI=1S/C69H87F2N13O11S2/c1-39-61(87)79-55(29-44-34-75-52-18-14-46(70)31-50(44)52)63(89)80-57(30-45-35-76-53-19-15-47(71)32-51(45)53)66(92)83-36-48(73)33-58(83)64(90)82-60(40(2)85)65(91)81-56(28-41-12-16-49(95-4)17-13-41)67(93)84-24-8-21-69(84,3)68(94)74-23-26-97-38-43-10-7-9-42(27-43)37-96-25-20-59(86)78-54(62(88)77-39)11-5-6-22-72/h7,9-10,12-19,27,31-32,34-35,39-40,48,54-58,60,75-76,85H,5-6,8,11,20-26,28-30,33,36-38,72-73H2,1-4H3,(H,74,94)(H,77,88)(H,78,86)(H,79,87)(H,80,89)(H,81,91)(H,82,90)/t39-,40+,48-,54+,55+,56+,57+,58-,60-,69+/m1/s1. The van der Waals surface area contributed by atoms with Crippen LogP contribution < -0.4 is 53.4 Å². The first-order valence-corrected chi connectivity index (χ1v) is 35.1. The van der Waals surface area contributed by atoms with Gasteiger partial charge in [0, 0.05) is 109 Å². The minimum atomic E-state index is -1.74. The topological polar surface area (TPSA) is 357 Å². The Labute approximate surface area is 569 Å². The van der Waals surface area contributed by atoms with Crippen LogP contribution in [0.5, 0.6) is 5.75 Å². The molecule has 14 N–H and O–H groups in total. The first kappa shape index (κ1) is 72.7. The molecule has 24 nitrogen and oxygen atoms in total. The van der Waals surface area contributed by atoms with Crippen LogP contribution in [0.2, 0.25) is 0 Å². The number of nitrogens with one attached hydrogen (secondary N) is 9. The van der Waals surface area contributed by atoms with Crippen molar-refractivity contribution in [3.8, 4) is 5.75 Å². The number of aliphatic hydroxyl groups is 1. The molecule has 2 aromatic heterocycles. The Morgan fingerprint density at radius 2 is 1.30 bits per heavy atom. The highest BCUT2D eigenvalue weighted by atomic mass is 32.2. The van der Waals surface area contributed by atoms with E-state index in [1.165, 1.54) is 86.4 Å². The zero-order chi connectivity index (χ0) is 69.5. The monoisotopic (exact) mass is 1380 g/mol. The molecule has 2 fully saturated rings. The largest absolute Gasteiger partial charge is 0.497 e. The van der Waals surface area contributed by atoms with Gasteiger partial charge in [-0.15, -0.1) is 0 Å². The van der Waals surface area contributed by atoms with Crippen molar-refractivity contribution in [3.63, 3.8) is 0 Å². The van der Waals surface area contributed by atoms with Gasteiger partial charge in [0.05, 0.1) is 13.2 Å². The fourth-order valence-corrected chi connectivity index (χ4v) is 14.4. The molecule has 10 atom stereocenters. The van der Waals surface area contributed by atoms with Gasteiger partial charge < -0.3 is 78.3 Å². The van der Waals surface area contributed by atoms with Gasteiger partial charge in [0.2, 0.25) is 53.2 Å². The Morgan fingerprint density at radius 1 is 0.691 bits per heavy atom. The molecule has 0 unspecified atom stereocenters. The summed E-state index contributed by atoms with van der Waals surface area (Å²) in [7, 11) is 1.50. The van der Waals surface area contributed by atoms with E-state index in [1.54, 1.807) is 43.0 Å². The number of benzene rings is 4. The van der Waals surface area contributed by atoms with Crippen molar-refractivity contribution < 1.29 is 61.8 Å². The van der Waals surface area contributed by atoms with Crippen LogP contribution >= 0.6 is 23.5 Å². The van der Waals surface area contributed by atoms with Crippen molar-refractivity contribution in [1.29, 1.82) is 0 Å². The number of carbonyl (C=O) groups is 9. The lowest BCUT2D eigenvalue weighted by Crippen LogP contribution is -2.63. The molecule has 5 heterocycles. The van der Waals surface area contributed by atoms with Gasteiger partial charge in [-0.1, -0.05) is 36.4 Å². The summed E-state index contributed by atoms with van der Waals surface area (Å²) in [5, 5.41) is 31.6. The number of aromatic nitrogens is 2. The Hall–Kier alpha value is -8.57. The molecular formula is C69H87F2N13O11S2. The number of unbranched alkanes of at least 4 members (excludes halogenated alkanes) is 1. The van der Waals surface area contributed by atoms with Crippen LogP contribution in [0.1, 0.15) is 93.5 Å². The molecule has 97 heavy (non-hydrogen) atoms. The summed E-state index contributed by atoms with van der Waals surface area (Å²) in [5.74, 6) is -5.04. The number of hydrogen-bond acceptors (Lipinski definition) is 15. The third-order valence-corrected chi connectivity index (χ3v) is 20.1. The molecule has 9 rings (SSSR count). The van der Waals surface area contributed by atoms with Crippen LogP contribution in [0.15, 0.2) is 97.3 Å². The maximum Gasteiger partial charge on any atom is 0.246 e. The van der Waals surface area contributed by atoms with E-state index in [4.69, 9.17) is 16.2 Å². The second kappa shape index (κ2) is 33.6. The number of carbonyl (C=O) groups excluding carboxylic acids is 9. The summed E-state index contributed by atoms with van der Waals surface area (Å²) in [4.78, 5) is 141. The number of ether oxygens (including phenoxy) is 1. The first-order valence-electron chi connectivity index (χ1n) is 32.7. The summed E-state index contributed by atoms with van der Waals surface area (Å²) in [5.41, 5.74) is 15.5. The van der Waals surface area contributed by atoms with Gasteiger partial charge >= 0.3 is 0 Å². The fraction of sp³-hybridized carbons (Fsp3) is 0.464. The third kappa shape index (κ3) is 18.8. The van der Waals surface area contributed by atoms with E-state index in [-0.39, 0.29) is 64.1 Å².